The zero-order chi connectivity index (χ0) is 11.7. The molecule has 0 radical (unpaired) electrons. The largest absolute Gasteiger partial charge is 0.374 e. The molecule has 0 saturated carbocycles. The highest BCUT2D eigenvalue weighted by Crippen LogP contribution is 2.21. The van der Waals surface area contributed by atoms with Crippen molar-refractivity contribution >= 4 is 11.0 Å². The Morgan fingerprint density at radius 2 is 2.41 bits per heavy atom. The number of nitrogens with two attached hydrogens (primary N) is 1. The molecule has 1 aliphatic rings. The van der Waals surface area contributed by atoms with Crippen LogP contribution in [-0.4, -0.2) is 35.8 Å². The Kier molecular flexibility index (Phi) is 2.80. The summed E-state index contributed by atoms with van der Waals surface area (Å²) in [4.78, 5) is 7.29. The number of hydrogen-bond acceptors (Lipinski definition) is 4. The van der Waals surface area contributed by atoms with Crippen LogP contribution in [-0.2, 0) is 4.74 Å². The molecule has 5 nitrogen and oxygen atoms in total. The van der Waals surface area contributed by atoms with Gasteiger partial charge in [-0.25, -0.2) is 4.98 Å². The van der Waals surface area contributed by atoms with Crippen LogP contribution >= 0.6 is 0 Å². The highest BCUT2D eigenvalue weighted by atomic mass is 16.5. The molecular formula is C12H16N4O. The van der Waals surface area contributed by atoms with Crippen LogP contribution in [0.15, 0.2) is 24.5 Å². The molecular weight excluding hydrogens is 216 g/mol. The maximum Gasteiger partial charge on any atom is 0.0931 e. The topological polar surface area (TPSA) is 76.0 Å². The number of benzene rings is 1. The summed E-state index contributed by atoms with van der Waals surface area (Å²) >= 11 is 0. The molecule has 1 fully saturated rings. The molecule has 0 spiro atoms. The maximum absolute atomic E-state index is 6.23. The molecule has 1 aromatic heterocycles. The first-order valence-corrected chi connectivity index (χ1v) is 5.85. The Hall–Kier alpha value is -1.43. The van der Waals surface area contributed by atoms with Crippen molar-refractivity contribution in [1.29, 1.82) is 0 Å². The summed E-state index contributed by atoms with van der Waals surface area (Å²) in [7, 11) is 0. The highest BCUT2D eigenvalue weighted by Gasteiger charge is 2.22. The number of morpholine rings is 1. The molecule has 0 amide bonds. The molecule has 0 bridgehead atoms. The summed E-state index contributed by atoms with van der Waals surface area (Å²) in [6, 6.07) is 5.95. The van der Waals surface area contributed by atoms with Crippen LogP contribution < -0.4 is 11.1 Å². The van der Waals surface area contributed by atoms with Crippen LogP contribution in [0.1, 0.15) is 11.6 Å². The van der Waals surface area contributed by atoms with Crippen molar-refractivity contribution in [1.82, 2.24) is 15.3 Å². The van der Waals surface area contributed by atoms with E-state index >= 15 is 0 Å². The van der Waals surface area contributed by atoms with Crippen LogP contribution in [0.4, 0.5) is 0 Å². The van der Waals surface area contributed by atoms with Gasteiger partial charge in [0, 0.05) is 13.1 Å². The Bertz CT molecular complexity index is 504. The fourth-order valence-corrected chi connectivity index (χ4v) is 2.19. The Labute approximate surface area is 99.4 Å². The first kappa shape index (κ1) is 10.7. The lowest BCUT2D eigenvalue weighted by molar-refractivity contribution is 0.0122. The SMILES string of the molecule is NC(c1ccc2nc[nH]c2c1)C1CNCCO1. The smallest absolute Gasteiger partial charge is 0.0931 e. The van der Waals surface area contributed by atoms with E-state index in [9.17, 15) is 0 Å². The second-order valence-electron chi connectivity index (χ2n) is 4.32. The molecule has 5 heteroatoms. The lowest BCUT2D eigenvalue weighted by Gasteiger charge is -2.28. The van der Waals surface area contributed by atoms with Crippen molar-refractivity contribution in [2.45, 2.75) is 12.1 Å². The first-order valence-electron chi connectivity index (χ1n) is 5.85. The van der Waals surface area contributed by atoms with Gasteiger partial charge in [0.25, 0.3) is 0 Å². The second-order valence-corrected chi connectivity index (χ2v) is 4.32. The molecule has 1 aromatic carbocycles. The van der Waals surface area contributed by atoms with Gasteiger partial charge in [0.2, 0.25) is 0 Å². The van der Waals surface area contributed by atoms with E-state index in [1.807, 2.05) is 18.2 Å². The molecule has 90 valence electrons. The van der Waals surface area contributed by atoms with Gasteiger partial charge >= 0.3 is 0 Å². The van der Waals surface area contributed by atoms with E-state index in [1.165, 1.54) is 0 Å². The number of imidazole rings is 1. The number of nitrogens with one attached hydrogen (secondary N) is 2. The molecule has 4 N–H and O–H groups in total. The van der Waals surface area contributed by atoms with Gasteiger partial charge in [0.15, 0.2) is 0 Å². The third-order valence-electron chi connectivity index (χ3n) is 3.19. The third kappa shape index (κ3) is 2.04. The van der Waals surface area contributed by atoms with E-state index in [2.05, 4.69) is 15.3 Å². The van der Waals surface area contributed by atoms with E-state index in [-0.39, 0.29) is 12.1 Å². The first-order chi connectivity index (χ1) is 8.34. The Morgan fingerprint density at radius 3 is 3.24 bits per heavy atom. The van der Waals surface area contributed by atoms with Gasteiger partial charge in [-0.3, -0.25) is 0 Å². The molecule has 3 rings (SSSR count). The van der Waals surface area contributed by atoms with Crippen molar-refractivity contribution in [2.24, 2.45) is 5.73 Å². The van der Waals surface area contributed by atoms with Crippen LogP contribution in [0.3, 0.4) is 0 Å². The average molecular weight is 232 g/mol. The Morgan fingerprint density at radius 1 is 1.47 bits per heavy atom. The molecule has 17 heavy (non-hydrogen) atoms. The monoisotopic (exact) mass is 232 g/mol. The van der Waals surface area contributed by atoms with E-state index in [4.69, 9.17) is 10.5 Å². The summed E-state index contributed by atoms with van der Waals surface area (Å²) < 4.78 is 5.67. The number of ether oxygens (including phenoxy) is 1. The summed E-state index contributed by atoms with van der Waals surface area (Å²) in [5.41, 5.74) is 9.29. The second kappa shape index (κ2) is 4.44. The minimum atomic E-state index is -0.101. The maximum atomic E-state index is 6.23. The van der Waals surface area contributed by atoms with Crippen molar-refractivity contribution < 1.29 is 4.74 Å². The highest BCUT2D eigenvalue weighted by molar-refractivity contribution is 5.75. The molecule has 2 aromatic rings. The molecule has 0 aliphatic carbocycles. The zero-order valence-electron chi connectivity index (χ0n) is 9.52. The average Bonchev–Trinajstić information content (AvgIpc) is 2.86. The molecule has 2 unspecified atom stereocenters. The predicted molar refractivity (Wildman–Crippen MR) is 65.6 cm³/mol. The minimum absolute atomic E-state index is 0.0455. The van der Waals surface area contributed by atoms with Gasteiger partial charge in [-0.15, -0.1) is 0 Å². The standard InChI is InChI=1S/C12H16N4O/c13-12(11-6-14-3-4-17-11)8-1-2-9-10(5-8)16-7-15-9/h1-2,5,7,11-12,14H,3-4,6,13H2,(H,15,16). The number of fused-ring (bicyclic) bond motifs is 1. The van der Waals surface area contributed by atoms with E-state index in [1.54, 1.807) is 6.33 Å². The van der Waals surface area contributed by atoms with Crippen molar-refractivity contribution in [3.8, 4) is 0 Å². The predicted octanol–water partition coefficient (Wildman–Crippen LogP) is 0.551. The Balaban J connectivity index is 1.86. The summed E-state index contributed by atoms with van der Waals surface area (Å²) in [5.74, 6) is 0. The van der Waals surface area contributed by atoms with Crippen LogP contribution in [0.25, 0.3) is 11.0 Å². The van der Waals surface area contributed by atoms with Crippen molar-refractivity contribution in [2.75, 3.05) is 19.7 Å². The fourth-order valence-electron chi connectivity index (χ4n) is 2.19. The summed E-state index contributed by atoms with van der Waals surface area (Å²) in [6.07, 6.45) is 1.74. The van der Waals surface area contributed by atoms with Crippen molar-refractivity contribution in [3.05, 3.63) is 30.1 Å². The van der Waals surface area contributed by atoms with Gasteiger partial charge < -0.3 is 20.8 Å². The van der Waals surface area contributed by atoms with Gasteiger partial charge in [0.1, 0.15) is 0 Å². The van der Waals surface area contributed by atoms with Crippen LogP contribution in [0, 0.1) is 0 Å². The van der Waals surface area contributed by atoms with E-state index < -0.39 is 0 Å². The molecule has 1 saturated heterocycles. The quantitative estimate of drug-likeness (QED) is 0.707. The number of rotatable bonds is 2. The van der Waals surface area contributed by atoms with Crippen LogP contribution in [0.2, 0.25) is 0 Å². The number of aromatic nitrogens is 2. The molecule has 1 aliphatic heterocycles. The number of H-pyrrole nitrogens is 1. The van der Waals surface area contributed by atoms with Gasteiger partial charge in [0.05, 0.1) is 36.1 Å². The van der Waals surface area contributed by atoms with E-state index in [0.29, 0.717) is 0 Å². The van der Waals surface area contributed by atoms with Crippen molar-refractivity contribution in [3.63, 3.8) is 0 Å². The van der Waals surface area contributed by atoms with Gasteiger partial charge in [-0.2, -0.15) is 0 Å². The minimum Gasteiger partial charge on any atom is -0.374 e. The lowest BCUT2D eigenvalue weighted by atomic mass is 10.0. The lowest BCUT2D eigenvalue weighted by Crippen LogP contribution is -2.44. The normalized spacial score (nSPS) is 22.8. The number of nitrogens with zero attached hydrogens (tertiary/aromatic N) is 1. The third-order valence-corrected chi connectivity index (χ3v) is 3.19. The van der Waals surface area contributed by atoms with Gasteiger partial charge in [-0.1, -0.05) is 6.07 Å². The van der Waals surface area contributed by atoms with E-state index in [0.717, 1.165) is 36.3 Å². The summed E-state index contributed by atoms with van der Waals surface area (Å²) in [6.45, 7) is 2.44. The summed E-state index contributed by atoms with van der Waals surface area (Å²) in [5, 5.41) is 3.29. The molecule has 2 atom stereocenters. The molecule has 2 heterocycles. The number of aromatic amines is 1. The van der Waals surface area contributed by atoms with Gasteiger partial charge in [-0.05, 0) is 17.7 Å². The zero-order valence-corrected chi connectivity index (χ0v) is 9.52. The van der Waals surface area contributed by atoms with Crippen LogP contribution in [0.5, 0.6) is 0 Å². The number of hydrogen-bond donors (Lipinski definition) is 3. The fraction of sp³-hybridized carbons (Fsp3) is 0.417.